The minimum absolute atomic E-state index is 0.523. The molecule has 0 spiro atoms. The molecule has 1 aliphatic carbocycles. The predicted molar refractivity (Wildman–Crippen MR) is 71.0 cm³/mol. The molecule has 1 aromatic heterocycles. The van der Waals surface area contributed by atoms with E-state index in [1.165, 1.54) is 19.3 Å². The summed E-state index contributed by atoms with van der Waals surface area (Å²) in [6, 6.07) is 2.34. The van der Waals surface area contributed by atoms with E-state index in [0.29, 0.717) is 12.6 Å². The Morgan fingerprint density at radius 2 is 2.17 bits per heavy atom. The van der Waals surface area contributed by atoms with Crippen molar-refractivity contribution >= 4 is 0 Å². The van der Waals surface area contributed by atoms with Crippen molar-refractivity contribution in [3.63, 3.8) is 0 Å². The highest BCUT2D eigenvalue weighted by Gasteiger charge is 2.23. The molecule has 100 valence electrons. The average Bonchev–Trinajstić information content (AvgIpc) is 3.19. The van der Waals surface area contributed by atoms with Gasteiger partial charge in [0.2, 0.25) is 0 Å². The molecule has 1 aromatic rings. The van der Waals surface area contributed by atoms with Crippen molar-refractivity contribution in [2.45, 2.75) is 38.8 Å². The molecule has 1 heterocycles. The molecule has 4 heteroatoms. The summed E-state index contributed by atoms with van der Waals surface area (Å²) in [5, 5.41) is 3.50. The van der Waals surface area contributed by atoms with E-state index in [-0.39, 0.29) is 0 Å². The molecule has 1 atom stereocenters. The number of rotatable bonds is 7. The fourth-order valence-electron chi connectivity index (χ4n) is 2.18. The molecule has 0 saturated heterocycles. The zero-order chi connectivity index (χ0) is 13.0. The Morgan fingerprint density at radius 1 is 1.39 bits per heavy atom. The number of nitrogens with one attached hydrogen (secondary N) is 1. The number of hydrogen-bond donors (Lipinski definition) is 1. The van der Waals surface area contributed by atoms with Crippen LogP contribution < -0.4 is 14.8 Å². The van der Waals surface area contributed by atoms with Crippen molar-refractivity contribution < 1.29 is 9.47 Å². The summed E-state index contributed by atoms with van der Waals surface area (Å²) in [6.45, 7) is 2.94. The first-order valence-corrected chi connectivity index (χ1v) is 6.53. The third kappa shape index (κ3) is 3.35. The molecule has 1 unspecified atom stereocenters. The van der Waals surface area contributed by atoms with Crippen LogP contribution in [0.5, 0.6) is 11.5 Å². The van der Waals surface area contributed by atoms with E-state index in [4.69, 9.17) is 9.47 Å². The number of methoxy groups -OCH3 is 2. The van der Waals surface area contributed by atoms with Gasteiger partial charge in [0.05, 0.1) is 19.9 Å². The van der Waals surface area contributed by atoms with Crippen LogP contribution >= 0.6 is 0 Å². The molecule has 18 heavy (non-hydrogen) atoms. The Labute approximate surface area is 109 Å². The maximum Gasteiger partial charge on any atom is 0.183 e. The van der Waals surface area contributed by atoms with Crippen LogP contribution in [0.3, 0.4) is 0 Å². The molecule has 0 radical (unpaired) electrons. The summed E-state index contributed by atoms with van der Waals surface area (Å²) in [4.78, 5) is 4.36. The van der Waals surface area contributed by atoms with Crippen LogP contribution in [-0.4, -0.2) is 25.2 Å². The number of hydrogen-bond acceptors (Lipinski definition) is 4. The lowest BCUT2D eigenvalue weighted by Crippen LogP contribution is -2.26. The quantitative estimate of drug-likeness (QED) is 0.807. The van der Waals surface area contributed by atoms with Gasteiger partial charge in [-0.2, -0.15) is 0 Å². The van der Waals surface area contributed by atoms with E-state index < -0.39 is 0 Å². The zero-order valence-electron chi connectivity index (χ0n) is 11.4. The van der Waals surface area contributed by atoms with Crippen molar-refractivity contribution in [3.8, 4) is 11.5 Å². The minimum Gasteiger partial charge on any atom is -0.493 e. The molecule has 0 aliphatic heterocycles. The lowest BCUT2D eigenvalue weighted by Gasteiger charge is -2.15. The van der Waals surface area contributed by atoms with E-state index in [1.54, 1.807) is 20.4 Å². The normalized spacial score (nSPS) is 16.4. The fraction of sp³-hybridized carbons (Fsp3) is 0.643. The molecule has 2 rings (SSSR count). The molecule has 0 amide bonds. The van der Waals surface area contributed by atoms with E-state index in [1.807, 2.05) is 6.07 Å². The first-order valence-electron chi connectivity index (χ1n) is 6.53. The summed E-state index contributed by atoms with van der Waals surface area (Å²) in [5.41, 5.74) is 0.902. The Balaban J connectivity index is 1.94. The molecule has 0 aromatic carbocycles. The average molecular weight is 250 g/mol. The second-order valence-electron chi connectivity index (χ2n) is 4.95. The molecular weight excluding hydrogens is 228 g/mol. The second-order valence-corrected chi connectivity index (χ2v) is 4.95. The fourth-order valence-corrected chi connectivity index (χ4v) is 2.18. The summed E-state index contributed by atoms with van der Waals surface area (Å²) in [5.74, 6) is 2.40. The summed E-state index contributed by atoms with van der Waals surface area (Å²) < 4.78 is 10.6. The Bertz CT molecular complexity index is 391. The third-order valence-corrected chi connectivity index (χ3v) is 3.37. The number of pyridine rings is 1. The van der Waals surface area contributed by atoms with Crippen LogP contribution in [0.1, 0.15) is 31.9 Å². The minimum atomic E-state index is 0.523. The highest BCUT2D eigenvalue weighted by atomic mass is 16.5. The van der Waals surface area contributed by atoms with Gasteiger partial charge in [0.25, 0.3) is 0 Å². The molecular formula is C14H22N2O2. The zero-order valence-corrected chi connectivity index (χ0v) is 11.4. The van der Waals surface area contributed by atoms with Crippen LogP contribution in [-0.2, 0) is 6.54 Å². The van der Waals surface area contributed by atoms with Crippen LogP contribution in [0.25, 0.3) is 0 Å². The summed E-state index contributed by atoms with van der Waals surface area (Å²) in [7, 11) is 3.29. The third-order valence-electron chi connectivity index (χ3n) is 3.37. The van der Waals surface area contributed by atoms with Gasteiger partial charge in [0.1, 0.15) is 0 Å². The summed E-state index contributed by atoms with van der Waals surface area (Å²) >= 11 is 0. The van der Waals surface area contributed by atoms with Crippen molar-refractivity contribution in [2.24, 2.45) is 5.92 Å². The number of ether oxygens (including phenoxy) is 2. The van der Waals surface area contributed by atoms with Crippen molar-refractivity contribution in [1.82, 2.24) is 10.3 Å². The van der Waals surface area contributed by atoms with Gasteiger partial charge in [-0.15, -0.1) is 0 Å². The van der Waals surface area contributed by atoms with Gasteiger partial charge in [-0.1, -0.05) is 12.8 Å². The molecule has 4 nitrogen and oxygen atoms in total. The van der Waals surface area contributed by atoms with Crippen LogP contribution in [0, 0.1) is 5.92 Å². The van der Waals surface area contributed by atoms with Gasteiger partial charge in [0, 0.05) is 24.8 Å². The number of aromatic nitrogens is 1. The second kappa shape index (κ2) is 6.05. The van der Waals surface area contributed by atoms with Gasteiger partial charge in [-0.05, 0) is 19.3 Å². The molecule has 1 N–H and O–H groups in total. The Morgan fingerprint density at radius 3 is 2.78 bits per heavy atom. The highest BCUT2D eigenvalue weighted by Crippen LogP contribution is 2.33. The summed E-state index contributed by atoms with van der Waals surface area (Å²) in [6.07, 6.45) is 5.80. The topological polar surface area (TPSA) is 43.4 Å². The van der Waals surface area contributed by atoms with Crippen LogP contribution in [0.2, 0.25) is 0 Å². The van der Waals surface area contributed by atoms with Gasteiger partial charge in [-0.3, -0.25) is 4.98 Å². The van der Waals surface area contributed by atoms with E-state index in [0.717, 1.165) is 23.1 Å². The van der Waals surface area contributed by atoms with Crippen LogP contribution in [0.15, 0.2) is 12.3 Å². The Hall–Kier alpha value is -1.29. The van der Waals surface area contributed by atoms with E-state index >= 15 is 0 Å². The SMILES string of the molecule is COc1ccnc(CNC(C)CC2CC2)c1OC. The largest absolute Gasteiger partial charge is 0.493 e. The van der Waals surface area contributed by atoms with Crippen molar-refractivity contribution in [1.29, 1.82) is 0 Å². The maximum atomic E-state index is 5.37. The first-order chi connectivity index (χ1) is 8.74. The molecule has 1 fully saturated rings. The maximum absolute atomic E-state index is 5.37. The molecule has 1 saturated carbocycles. The Kier molecular flexibility index (Phi) is 4.42. The van der Waals surface area contributed by atoms with Gasteiger partial charge in [0.15, 0.2) is 11.5 Å². The van der Waals surface area contributed by atoms with E-state index in [9.17, 15) is 0 Å². The van der Waals surface area contributed by atoms with Crippen LogP contribution in [0.4, 0.5) is 0 Å². The smallest absolute Gasteiger partial charge is 0.183 e. The van der Waals surface area contributed by atoms with Gasteiger partial charge >= 0.3 is 0 Å². The standard InChI is InChI=1S/C14H22N2O2/c1-10(8-11-4-5-11)16-9-12-14(18-3)13(17-2)6-7-15-12/h6-7,10-11,16H,4-5,8-9H2,1-3H3. The molecule has 1 aliphatic rings. The van der Waals surface area contributed by atoms with Crippen molar-refractivity contribution in [3.05, 3.63) is 18.0 Å². The van der Waals surface area contributed by atoms with E-state index in [2.05, 4.69) is 17.2 Å². The number of nitrogens with zero attached hydrogens (tertiary/aromatic N) is 1. The first kappa shape index (κ1) is 13.1. The lowest BCUT2D eigenvalue weighted by molar-refractivity contribution is 0.346. The lowest BCUT2D eigenvalue weighted by atomic mass is 10.1. The predicted octanol–water partition coefficient (Wildman–Crippen LogP) is 2.38. The molecule has 0 bridgehead atoms. The highest BCUT2D eigenvalue weighted by molar-refractivity contribution is 5.42. The monoisotopic (exact) mass is 250 g/mol. The van der Waals surface area contributed by atoms with Gasteiger partial charge in [-0.25, -0.2) is 0 Å². The van der Waals surface area contributed by atoms with Gasteiger partial charge < -0.3 is 14.8 Å². The van der Waals surface area contributed by atoms with Crippen molar-refractivity contribution in [2.75, 3.05) is 14.2 Å².